The zero-order valence-electron chi connectivity index (χ0n) is 9.87. The van der Waals surface area contributed by atoms with Gasteiger partial charge in [-0.15, -0.1) is 0 Å². The van der Waals surface area contributed by atoms with Crippen molar-refractivity contribution in [3.8, 4) is 0 Å². The van der Waals surface area contributed by atoms with Crippen LogP contribution in [-0.2, 0) is 13.6 Å². The van der Waals surface area contributed by atoms with Crippen molar-refractivity contribution in [3.63, 3.8) is 0 Å². The number of aryl methyl sites for hydroxylation is 1. The molecule has 1 aliphatic heterocycles. The van der Waals surface area contributed by atoms with Crippen molar-refractivity contribution >= 4 is 0 Å². The summed E-state index contributed by atoms with van der Waals surface area (Å²) in [5.74, 6) is 0.647. The molecular formula is C11H19N3O. The number of rotatable bonds is 2. The first-order chi connectivity index (χ1) is 7.00. The van der Waals surface area contributed by atoms with Crippen LogP contribution in [0.3, 0.4) is 0 Å². The molecule has 0 bridgehead atoms. The van der Waals surface area contributed by atoms with E-state index >= 15 is 0 Å². The first-order valence-corrected chi connectivity index (χ1v) is 5.48. The second-order valence-electron chi connectivity index (χ2n) is 4.92. The minimum atomic E-state index is 0.0746. The van der Waals surface area contributed by atoms with E-state index < -0.39 is 0 Å². The summed E-state index contributed by atoms with van der Waals surface area (Å²) in [5, 5.41) is 2.84. The summed E-state index contributed by atoms with van der Waals surface area (Å²) >= 11 is 0. The monoisotopic (exact) mass is 209 g/mol. The lowest BCUT2D eigenvalue weighted by atomic mass is 10.0. The van der Waals surface area contributed by atoms with Gasteiger partial charge in [-0.05, 0) is 19.4 Å². The quantitative estimate of drug-likeness (QED) is 0.796. The third-order valence-electron chi connectivity index (χ3n) is 3.16. The van der Waals surface area contributed by atoms with Crippen LogP contribution >= 0.6 is 0 Å². The fraction of sp³-hybridized carbons (Fsp3) is 0.727. The summed E-state index contributed by atoms with van der Waals surface area (Å²) in [4.78, 5) is 13.9. The molecular weight excluding hydrogens is 190 g/mol. The van der Waals surface area contributed by atoms with Crippen LogP contribution in [0.15, 0.2) is 4.79 Å². The predicted molar refractivity (Wildman–Crippen MR) is 59.7 cm³/mol. The molecule has 2 heterocycles. The lowest BCUT2D eigenvalue weighted by molar-refractivity contribution is 0.226. The highest BCUT2D eigenvalue weighted by Gasteiger charge is 2.32. The second kappa shape index (κ2) is 3.52. The predicted octanol–water partition coefficient (Wildman–Crippen LogP) is 1.25. The molecule has 0 aromatic carbocycles. The molecule has 2 rings (SSSR count). The molecule has 1 aliphatic rings. The van der Waals surface area contributed by atoms with Crippen molar-refractivity contribution in [1.29, 1.82) is 0 Å². The van der Waals surface area contributed by atoms with E-state index in [0.29, 0.717) is 12.0 Å². The van der Waals surface area contributed by atoms with Gasteiger partial charge in [-0.2, -0.15) is 0 Å². The fourth-order valence-corrected chi connectivity index (χ4v) is 2.48. The number of hydrogen-bond donors (Lipinski definition) is 1. The van der Waals surface area contributed by atoms with Crippen LogP contribution in [0.5, 0.6) is 0 Å². The third-order valence-corrected chi connectivity index (χ3v) is 3.16. The Labute approximate surface area is 89.9 Å². The Bertz CT molecular complexity index is 416. The molecule has 1 unspecified atom stereocenters. The number of nitrogens with one attached hydrogen (secondary N) is 1. The highest BCUT2D eigenvalue weighted by atomic mass is 16.1. The van der Waals surface area contributed by atoms with Gasteiger partial charge in [0.05, 0.1) is 17.3 Å². The molecule has 0 aliphatic carbocycles. The van der Waals surface area contributed by atoms with Crippen LogP contribution < -0.4 is 5.56 Å². The van der Waals surface area contributed by atoms with Crippen molar-refractivity contribution in [1.82, 2.24) is 14.7 Å². The maximum atomic E-state index is 11.6. The van der Waals surface area contributed by atoms with Crippen LogP contribution in [-0.4, -0.2) is 21.7 Å². The SMILES string of the molecule is CC(C)CC1c2c(c(=O)[nH]n2C)CN1C. The highest BCUT2D eigenvalue weighted by molar-refractivity contribution is 5.26. The maximum absolute atomic E-state index is 11.6. The summed E-state index contributed by atoms with van der Waals surface area (Å²) < 4.78 is 1.88. The second-order valence-corrected chi connectivity index (χ2v) is 4.92. The van der Waals surface area contributed by atoms with Gasteiger partial charge in [-0.3, -0.25) is 19.5 Å². The van der Waals surface area contributed by atoms with Gasteiger partial charge in [0.15, 0.2) is 0 Å². The molecule has 1 aromatic rings. The Morgan fingerprint density at radius 2 is 2.13 bits per heavy atom. The van der Waals surface area contributed by atoms with E-state index in [-0.39, 0.29) is 5.56 Å². The molecule has 0 spiro atoms. The first kappa shape index (κ1) is 10.5. The van der Waals surface area contributed by atoms with E-state index in [2.05, 4.69) is 30.9 Å². The molecule has 4 heteroatoms. The zero-order valence-corrected chi connectivity index (χ0v) is 9.87. The van der Waals surface area contributed by atoms with E-state index in [1.54, 1.807) is 0 Å². The summed E-state index contributed by atoms with van der Waals surface area (Å²) in [6.45, 7) is 5.22. The largest absolute Gasteiger partial charge is 0.293 e. The van der Waals surface area contributed by atoms with Crippen molar-refractivity contribution in [3.05, 3.63) is 21.6 Å². The van der Waals surface area contributed by atoms with Crippen molar-refractivity contribution in [2.75, 3.05) is 7.05 Å². The van der Waals surface area contributed by atoms with Gasteiger partial charge in [0.25, 0.3) is 5.56 Å². The molecule has 0 radical (unpaired) electrons. The van der Waals surface area contributed by atoms with E-state index in [9.17, 15) is 4.79 Å². The van der Waals surface area contributed by atoms with E-state index in [1.165, 1.54) is 5.69 Å². The lowest BCUT2D eigenvalue weighted by Gasteiger charge is -2.22. The smallest absolute Gasteiger partial charge is 0.268 e. The van der Waals surface area contributed by atoms with Crippen molar-refractivity contribution in [2.45, 2.75) is 32.9 Å². The van der Waals surface area contributed by atoms with Gasteiger partial charge < -0.3 is 0 Å². The summed E-state index contributed by atoms with van der Waals surface area (Å²) in [5.41, 5.74) is 2.20. The average Bonchev–Trinajstić information content (AvgIpc) is 2.55. The summed E-state index contributed by atoms with van der Waals surface area (Å²) in [6.07, 6.45) is 1.11. The van der Waals surface area contributed by atoms with Crippen LogP contribution in [0, 0.1) is 5.92 Å². The molecule has 1 aromatic heterocycles. The van der Waals surface area contributed by atoms with Gasteiger partial charge in [-0.1, -0.05) is 13.8 Å². The van der Waals surface area contributed by atoms with Crippen molar-refractivity contribution < 1.29 is 0 Å². The first-order valence-electron chi connectivity index (χ1n) is 5.48. The molecule has 1 N–H and O–H groups in total. The molecule has 84 valence electrons. The van der Waals surface area contributed by atoms with E-state index in [1.807, 2.05) is 11.7 Å². The number of aromatic nitrogens is 2. The lowest BCUT2D eigenvalue weighted by Crippen LogP contribution is -2.22. The zero-order chi connectivity index (χ0) is 11.2. The van der Waals surface area contributed by atoms with E-state index in [4.69, 9.17) is 0 Å². The number of nitrogens with zero attached hydrogens (tertiary/aromatic N) is 2. The normalized spacial score (nSPS) is 21.3. The number of H-pyrrole nitrogens is 1. The van der Waals surface area contributed by atoms with Gasteiger partial charge in [-0.25, -0.2) is 0 Å². The molecule has 4 nitrogen and oxygen atoms in total. The Kier molecular flexibility index (Phi) is 2.46. The Balaban J connectivity index is 2.40. The summed E-state index contributed by atoms with van der Waals surface area (Å²) in [7, 11) is 4.01. The summed E-state index contributed by atoms with van der Waals surface area (Å²) in [6, 6.07) is 0.393. The van der Waals surface area contributed by atoms with Crippen LogP contribution in [0.4, 0.5) is 0 Å². The van der Waals surface area contributed by atoms with Gasteiger partial charge in [0.1, 0.15) is 0 Å². The fourth-order valence-electron chi connectivity index (χ4n) is 2.48. The highest BCUT2D eigenvalue weighted by Crippen LogP contribution is 2.34. The number of hydrogen-bond acceptors (Lipinski definition) is 2. The van der Waals surface area contributed by atoms with Crippen LogP contribution in [0.2, 0.25) is 0 Å². The van der Waals surface area contributed by atoms with Gasteiger partial charge in [0.2, 0.25) is 0 Å². The molecule has 0 saturated heterocycles. The number of fused-ring (bicyclic) bond motifs is 1. The minimum Gasteiger partial charge on any atom is -0.293 e. The Hall–Kier alpha value is -1.03. The van der Waals surface area contributed by atoms with E-state index in [0.717, 1.165) is 18.5 Å². The molecule has 0 fully saturated rings. The minimum absolute atomic E-state index is 0.0746. The molecule has 0 saturated carbocycles. The van der Waals surface area contributed by atoms with Crippen molar-refractivity contribution in [2.24, 2.45) is 13.0 Å². The van der Waals surface area contributed by atoms with Gasteiger partial charge in [0, 0.05) is 13.6 Å². The molecule has 1 atom stereocenters. The number of aromatic amines is 1. The standard InChI is InChI=1S/C11H19N3O/c1-7(2)5-9-10-8(6-13(9)3)11(15)12-14(10)4/h7,9H,5-6H2,1-4H3,(H,12,15). The Morgan fingerprint density at radius 1 is 1.47 bits per heavy atom. The Morgan fingerprint density at radius 3 is 2.73 bits per heavy atom. The van der Waals surface area contributed by atoms with Crippen LogP contribution in [0.25, 0.3) is 0 Å². The third kappa shape index (κ3) is 1.63. The maximum Gasteiger partial charge on any atom is 0.268 e. The van der Waals surface area contributed by atoms with Gasteiger partial charge >= 0.3 is 0 Å². The molecule has 15 heavy (non-hydrogen) atoms. The average molecular weight is 209 g/mol. The van der Waals surface area contributed by atoms with Crippen LogP contribution in [0.1, 0.15) is 37.6 Å². The molecule has 0 amide bonds. The topological polar surface area (TPSA) is 41.0 Å².